The van der Waals surface area contributed by atoms with Gasteiger partial charge < -0.3 is 4.90 Å². The van der Waals surface area contributed by atoms with Crippen LogP contribution in [0.1, 0.15) is 35.2 Å². The Bertz CT molecular complexity index is 783. The molecule has 0 N–H and O–H groups in total. The molecule has 122 valence electrons. The third kappa shape index (κ3) is 3.02. The summed E-state index contributed by atoms with van der Waals surface area (Å²) < 4.78 is 1.02. The summed E-state index contributed by atoms with van der Waals surface area (Å²) in [6, 6.07) is 18.2. The van der Waals surface area contributed by atoms with Crippen LogP contribution in [0.5, 0.6) is 0 Å². The number of benzene rings is 2. The van der Waals surface area contributed by atoms with Crippen LogP contribution in [-0.2, 0) is 6.54 Å². The van der Waals surface area contributed by atoms with Gasteiger partial charge in [0, 0.05) is 9.27 Å². The van der Waals surface area contributed by atoms with Crippen LogP contribution in [0.2, 0.25) is 0 Å². The number of rotatable bonds is 4. The van der Waals surface area contributed by atoms with Crippen LogP contribution in [0.15, 0.2) is 66.4 Å². The van der Waals surface area contributed by atoms with Gasteiger partial charge in [0.15, 0.2) is 0 Å². The normalized spacial score (nSPS) is 21.6. The lowest BCUT2D eigenvalue weighted by atomic mass is 10.0. The number of allylic oxidation sites excluding steroid dienone is 2. The van der Waals surface area contributed by atoms with Crippen LogP contribution in [0, 0.1) is 15.4 Å². The van der Waals surface area contributed by atoms with E-state index >= 15 is 0 Å². The summed E-state index contributed by atoms with van der Waals surface area (Å²) in [4.78, 5) is 15.3. The molecule has 2 aliphatic carbocycles. The molecule has 2 bridgehead atoms. The van der Waals surface area contributed by atoms with E-state index in [4.69, 9.17) is 0 Å². The predicted octanol–water partition coefficient (Wildman–Crippen LogP) is 5.25. The number of carbonyl (C=O) groups is 1. The number of fused-ring (bicyclic) bond motifs is 2. The van der Waals surface area contributed by atoms with Crippen molar-refractivity contribution in [1.29, 1.82) is 0 Å². The fourth-order valence-electron chi connectivity index (χ4n) is 3.95. The van der Waals surface area contributed by atoms with Gasteiger partial charge >= 0.3 is 0 Å². The Hall–Kier alpha value is -1.62. The fraction of sp³-hybridized carbons (Fsp3) is 0.286. The maximum atomic E-state index is 13.3. The first-order chi connectivity index (χ1) is 11.7. The third-order valence-electron chi connectivity index (χ3n) is 5.14. The second-order valence-corrected chi connectivity index (χ2v) is 7.88. The van der Waals surface area contributed by atoms with Crippen LogP contribution >= 0.6 is 22.6 Å². The quantitative estimate of drug-likeness (QED) is 0.609. The van der Waals surface area contributed by atoms with E-state index in [1.807, 2.05) is 47.4 Å². The monoisotopic (exact) mass is 429 g/mol. The summed E-state index contributed by atoms with van der Waals surface area (Å²) in [5.74, 6) is 1.36. The molecular formula is C21H20INO. The number of nitrogens with zero attached hydrogens (tertiary/aromatic N) is 1. The van der Waals surface area contributed by atoms with Crippen molar-refractivity contribution >= 4 is 28.5 Å². The molecule has 2 aromatic carbocycles. The summed E-state index contributed by atoms with van der Waals surface area (Å²) in [6.07, 6.45) is 6.08. The van der Waals surface area contributed by atoms with Crippen molar-refractivity contribution in [3.8, 4) is 0 Å². The van der Waals surface area contributed by atoms with Gasteiger partial charge in [-0.05, 0) is 71.4 Å². The highest BCUT2D eigenvalue weighted by atomic mass is 127. The Morgan fingerprint density at radius 2 is 1.79 bits per heavy atom. The second-order valence-electron chi connectivity index (χ2n) is 6.72. The van der Waals surface area contributed by atoms with Gasteiger partial charge in [-0.25, -0.2) is 0 Å². The van der Waals surface area contributed by atoms with Crippen LogP contribution in [-0.4, -0.2) is 10.8 Å². The minimum absolute atomic E-state index is 0.127. The number of hydrogen-bond acceptors (Lipinski definition) is 1. The van der Waals surface area contributed by atoms with E-state index in [-0.39, 0.29) is 5.91 Å². The van der Waals surface area contributed by atoms with Crippen molar-refractivity contribution in [3.05, 3.63) is 81.1 Å². The van der Waals surface area contributed by atoms with Crippen molar-refractivity contribution in [2.24, 2.45) is 11.8 Å². The zero-order valence-electron chi connectivity index (χ0n) is 13.5. The Balaban J connectivity index is 1.69. The van der Waals surface area contributed by atoms with Gasteiger partial charge in [0.05, 0.1) is 12.1 Å². The number of carbonyl (C=O) groups excluding carboxylic acids is 1. The molecule has 3 heteroatoms. The Morgan fingerprint density at radius 3 is 2.46 bits per heavy atom. The Labute approximate surface area is 156 Å². The van der Waals surface area contributed by atoms with E-state index in [2.05, 4.69) is 40.8 Å². The van der Waals surface area contributed by atoms with Crippen LogP contribution < -0.4 is 0 Å². The molecule has 4 rings (SSSR count). The molecule has 0 heterocycles. The number of amides is 1. The molecule has 0 aromatic heterocycles. The lowest BCUT2D eigenvalue weighted by Gasteiger charge is -2.29. The molecule has 1 fully saturated rings. The van der Waals surface area contributed by atoms with E-state index in [1.54, 1.807) is 0 Å². The Morgan fingerprint density at radius 1 is 1.04 bits per heavy atom. The molecule has 1 amide bonds. The fourth-order valence-corrected chi connectivity index (χ4v) is 4.57. The third-order valence-corrected chi connectivity index (χ3v) is 6.08. The van der Waals surface area contributed by atoms with Crippen molar-refractivity contribution in [1.82, 2.24) is 4.90 Å². The zero-order valence-corrected chi connectivity index (χ0v) is 15.6. The summed E-state index contributed by atoms with van der Waals surface area (Å²) in [6.45, 7) is 0.652. The number of hydrogen-bond donors (Lipinski definition) is 0. The second kappa shape index (κ2) is 6.71. The minimum atomic E-state index is 0.127. The zero-order chi connectivity index (χ0) is 16.5. The van der Waals surface area contributed by atoms with Gasteiger partial charge in [-0.2, -0.15) is 0 Å². The summed E-state index contributed by atoms with van der Waals surface area (Å²) in [5, 5.41) is 0. The van der Waals surface area contributed by atoms with Crippen molar-refractivity contribution in [2.75, 3.05) is 0 Å². The lowest BCUT2D eigenvalue weighted by molar-refractivity contribution is 0.0779. The summed E-state index contributed by atoms with van der Waals surface area (Å²) in [5.41, 5.74) is 3.23. The average Bonchev–Trinajstić information content (AvgIpc) is 3.24. The predicted molar refractivity (Wildman–Crippen MR) is 104 cm³/mol. The van der Waals surface area contributed by atoms with E-state index in [1.165, 1.54) is 30.5 Å². The molecule has 0 radical (unpaired) electrons. The van der Waals surface area contributed by atoms with Crippen molar-refractivity contribution < 1.29 is 4.79 Å². The standard InChI is InChI=1S/C21H20INO/c22-19-9-5-4-8-18(19)21(24)23(14-15-6-2-1-3-7-15)20-13-16-10-11-17(20)12-16/h1-9,13,16-17H,10-12,14H2. The molecule has 2 aliphatic rings. The molecular weight excluding hydrogens is 409 g/mol. The molecule has 2 unspecified atom stereocenters. The van der Waals surface area contributed by atoms with E-state index < -0.39 is 0 Å². The smallest absolute Gasteiger partial charge is 0.259 e. The molecule has 0 spiro atoms. The van der Waals surface area contributed by atoms with E-state index in [0.29, 0.717) is 18.4 Å². The highest BCUT2D eigenvalue weighted by Gasteiger charge is 2.37. The van der Waals surface area contributed by atoms with Crippen molar-refractivity contribution in [2.45, 2.75) is 25.8 Å². The lowest BCUT2D eigenvalue weighted by Crippen LogP contribution is -2.32. The highest BCUT2D eigenvalue weighted by molar-refractivity contribution is 14.1. The highest BCUT2D eigenvalue weighted by Crippen LogP contribution is 2.45. The van der Waals surface area contributed by atoms with Gasteiger partial charge in [-0.3, -0.25) is 4.79 Å². The minimum Gasteiger partial charge on any atom is -0.308 e. The molecule has 0 saturated heterocycles. The summed E-state index contributed by atoms with van der Waals surface area (Å²) >= 11 is 2.26. The van der Waals surface area contributed by atoms with Crippen LogP contribution in [0.4, 0.5) is 0 Å². The first-order valence-corrected chi connectivity index (χ1v) is 9.62. The maximum absolute atomic E-state index is 13.3. The summed E-state index contributed by atoms with van der Waals surface area (Å²) in [7, 11) is 0. The van der Waals surface area contributed by atoms with Gasteiger partial charge in [0.25, 0.3) is 5.91 Å². The first-order valence-electron chi connectivity index (χ1n) is 8.54. The first kappa shape index (κ1) is 15.9. The van der Waals surface area contributed by atoms with Gasteiger partial charge in [-0.15, -0.1) is 0 Å². The largest absolute Gasteiger partial charge is 0.308 e. The van der Waals surface area contributed by atoms with E-state index in [9.17, 15) is 4.79 Å². The molecule has 1 saturated carbocycles. The van der Waals surface area contributed by atoms with Crippen molar-refractivity contribution in [3.63, 3.8) is 0 Å². The topological polar surface area (TPSA) is 20.3 Å². The molecule has 2 aromatic rings. The molecule has 2 atom stereocenters. The Kier molecular flexibility index (Phi) is 4.44. The van der Waals surface area contributed by atoms with Crippen LogP contribution in [0.25, 0.3) is 0 Å². The average molecular weight is 429 g/mol. The molecule has 24 heavy (non-hydrogen) atoms. The van der Waals surface area contributed by atoms with Gasteiger partial charge in [0.2, 0.25) is 0 Å². The van der Waals surface area contributed by atoms with E-state index in [0.717, 1.165) is 9.13 Å². The molecule has 0 aliphatic heterocycles. The maximum Gasteiger partial charge on any atom is 0.259 e. The van der Waals surface area contributed by atoms with Gasteiger partial charge in [0.1, 0.15) is 0 Å². The molecule has 2 nitrogen and oxygen atoms in total. The van der Waals surface area contributed by atoms with Gasteiger partial charge in [-0.1, -0.05) is 48.5 Å². The number of halogens is 1. The SMILES string of the molecule is O=C(c1ccccc1I)N(Cc1ccccc1)C1=CC2CCC1C2. The van der Waals surface area contributed by atoms with Crippen LogP contribution in [0.3, 0.4) is 0 Å².